The first-order valence-corrected chi connectivity index (χ1v) is 9.82. The molecule has 1 unspecified atom stereocenters. The van der Waals surface area contributed by atoms with E-state index in [1.807, 2.05) is 24.3 Å². The fourth-order valence-electron chi connectivity index (χ4n) is 4.20. The zero-order valence-electron chi connectivity index (χ0n) is 16.3. The van der Waals surface area contributed by atoms with Crippen molar-refractivity contribution in [3.8, 4) is 17.2 Å². The second-order valence-corrected chi connectivity index (χ2v) is 7.75. The Morgan fingerprint density at radius 2 is 2.11 bits per heavy atom. The van der Waals surface area contributed by atoms with E-state index in [0.717, 1.165) is 24.2 Å². The van der Waals surface area contributed by atoms with E-state index in [2.05, 4.69) is 6.92 Å². The lowest BCUT2D eigenvalue weighted by molar-refractivity contribution is -0.922. The van der Waals surface area contributed by atoms with Crippen LogP contribution in [0.5, 0.6) is 17.2 Å². The minimum atomic E-state index is -0.163. The molecule has 1 fully saturated rings. The molecule has 2 aliphatic rings. The largest absolute Gasteiger partial charge is 0.507 e. The smallest absolute Gasteiger partial charge is 0.231 e. The van der Waals surface area contributed by atoms with Crippen LogP contribution in [-0.4, -0.2) is 31.1 Å². The van der Waals surface area contributed by atoms with Gasteiger partial charge in [-0.15, -0.1) is 0 Å². The average molecular weight is 380 g/mol. The van der Waals surface area contributed by atoms with Crippen molar-refractivity contribution in [3.63, 3.8) is 0 Å². The number of aromatic hydroxyl groups is 1. The quantitative estimate of drug-likeness (QED) is 0.801. The molecule has 1 saturated heterocycles. The van der Waals surface area contributed by atoms with Crippen LogP contribution in [0.1, 0.15) is 41.3 Å². The van der Waals surface area contributed by atoms with Gasteiger partial charge in [-0.25, -0.2) is 0 Å². The number of para-hydroxylation sites is 1. The van der Waals surface area contributed by atoms with Crippen molar-refractivity contribution in [1.82, 2.24) is 0 Å². The lowest BCUT2D eigenvalue weighted by Crippen LogP contribution is -3.12. The predicted molar refractivity (Wildman–Crippen MR) is 107 cm³/mol. The number of piperidine rings is 1. The van der Waals surface area contributed by atoms with E-state index < -0.39 is 0 Å². The van der Waals surface area contributed by atoms with Gasteiger partial charge in [-0.05, 0) is 37.1 Å². The van der Waals surface area contributed by atoms with Gasteiger partial charge in [0.25, 0.3) is 0 Å². The third kappa shape index (κ3) is 3.50. The Balaban J connectivity index is 1.66. The van der Waals surface area contributed by atoms with Crippen molar-refractivity contribution < 1.29 is 24.3 Å². The number of hydrogen-bond acceptors (Lipinski definition) is 4. The first kappa shape index (κ1) is 18.6. The van der Waals surface area contributed by atoms with Gasteiger partial charge in [0.1, 0.15) is 18.0 Å². The van der Waals surface area contributed by atoms with Crippen molar-refractivity contribution >= 4 is 11.9 Å². The Hall–Kier alpha value is -2.79. The number of Topliss-reactive ketones (excluding diaryl/α,β-unsaturated/α-hetero) is 1. The molecule has 2 aromatic rings. The molecule has 28 heavy (non-hydrogen) atoms. The summed E-state index contributed by atoms with van der Waals surface area (Å²) < 4.78 is 11.4. The summed E-state index contributed by atoms with van der Waals surface area (Å²) in [5.41, 5.74) is 2.01. The molecule has 0 aliphatic carbocycles. The summed E-state index contributed by atoms with van der Waals surface area (Å²) in [5, 5.41) is 10.5. The number of ether oxygens (including phenoxy) is 2. The van der Waals surface area contributed by atoms with Crippen molar-refractivity contribution in [1.29, 1.82) is 0 Å². The predicted octanol–water partition coefficient (Wildman–Crippen LogP) is 2.83. The second-order valence-electron chi connectivity index (χ2n) is 7.75. The number of likely N-dealkylation sites (tertiary alicyclic amines) is 1. The normalized spacial score (nSPS) is 22.8. The van der Waals surface area contributed by atoms with Gasteiger partial charge in [0.15, 0.2) is 11.5 Å². The molecule has 0 saturated carbocycles. The number of carbonyl (C=O) groups is 1. The van der Waals surface area contributed by atoms with Crippen LogP contribution in [0.3, 0.4) is 0 Å². The van der Waals surface area contributed by atoms with Crippen LogP contribution < -0.4 is 14.4 Å². The summed E-state index contributed by atoms with van der Waals surface area (Å²) in [6.45, 7) is 5.07. The molecule has 146 valence electrons. The van der Waals surface area contributed by atoms with E-state index in [4.69, 9.17) is 9.47 Å². The average Bonchev–Trinajstić information content (AvgIpc) is 3.00. The third-order valence-corrected chi connectivity index (χ3v) is 5.63. The van der Waals surface area contributed by atoms with Gasteiger partial charge < -0.3 is 19.5 Å². The van der Waals surface area contributed by atoms with Gasteiger partial charge in [0, 0.05) is 11.5 Å². The van der Waals surface area contributed by atoms with Gasteiger partial charge in [-0.2, -0.15) is 0 Å². The molecule has 0 bridgehead atoms. The summed E-state index contributed by atoms with van der Waals surface area (Å²) in [6.07, 6.45) is 4.14. The van der Waals surface area contributed by atoms with Gasteiger partial charge in [0.2, 0.25) is 5.78 Å². The Kier molecular flexibility index (Phi) is 5.09. The SMILES string of the molecule is COc1ccccc1C=C1Oc2c(ccc(O)c2C[NH+]2CCC[C@@H](C)C2)C1=O. The first-order chi connectivity index (χ1) is 13.6. The maximum atomic E-state index is 12.9. The van der Waals surface area contributed by atoms with Crippen molar-refractivity contribution in [3.05, 3.63) is 58.8 Å². The third-order valence-electron chi connectivity index (χ3n) is 5.63. The van der Waals surface area contributed by atoms with E-state index in [1.165, 1.54) is 17.7 Å². The second kappa shape index (κ2) is 7.68. The molecule has 2 atom stereocenters. The number of rotatable bonds is 4. The zero-order chi connectivity index (χ0) is 19.7. The highest BCUT2D eigenvalue weighted by Gasteiger charge is 2.33. The minimum Gasteiger partial charge on any atom is -0.507 e. The molecule has 2 N–H and O–H groups in total. The van der Waals surface area contributed by atoms with Crippen molar-refractivity contribution in [2.24, 2.45) is 5.92 Å². The van der Waals surface area contributed by atoms with Crippen molar-refractivity contribution in [2.75, 3.05) is 20.2 Å². The number of allylic oxidation sites excluding steroid dienone is 1. The summed E-state index contributed by atoms with van der Waals surface area (Å²) in [7, 11) is 1.60. The van der Waals surface area contributed by atoms with Crippen LogP contribution in [0.25, 0.3) is 6.08 Å². The van der Waals surface area contributed by atoms with E-state index in [1.54, 1.807) is 25.3 Å². The van der Waals surface area contributed by atoms with Crippen molar-refractivity contribution in [2.45, 2.75) is 26.3 Å². The minimum absolute atomic E-state index is 0.163. The number of carbonyl (C=O) groups excluding carboxylic acids is 1. The van der Waals surface area contributed by atoms with E-state index >= 15 is 0 Å². The molecule has 0 amide bonds. The van der Waals surface area contributed by atoms with Crippen LogP contribution in [0, 0.1) is 5.92 Å². The molecule has 2 aliphatic heterocycles. The molecule has 4 rings (SSSR count). The molecule has 0 radical (unpaired) electrons. The number of methoxy groups -OCH3 is 1. The molecular weight excluding hydrogens is 354 g/mol. The molecular formula is C23H26NO4+. The Labute approximate surface area is 165 Å². The summed E-state index contributed by atoms with van der Waals surface area (Å²) in [5.74, 6) is 2.13. The highest BCUT2D eigenvalue weighted by Crippen LogP contribution is 2.39. The number of phenols is 1. The van der Waals surface area contributed by atoms with Crippen LogP contribution in [0.2, 0.25) is 0 Å². The number of ketones is 1. The fourth-order valence-corrected chi connectivity index (χ4v) is 4.20. The Bertz CT molecular complexity index is 934. The first-order valence-electron chi connectivity index (χ1n) is 9.82. The number of nitrogens with one attached hydrogen (secondary N) is 1. The van der Waals surface area contributed by atoms with Gasteiger partial charge in [-0.3, -0.25) is 4.79 Å². The van der Waals surface area contributed by atoms with E-state index in [-0.39, 0.29) is 17.3 Å². The Morgan fingerprint density at radius 1 is 1.29 bits per heavy atom. The standard InChI is InChI=1S/C23H25NO4/c1-15-6-5-11-24(13-15)14-18-19(25)10-9-17-22(26)21(28-23(17)18)12-16-7-3-4-8-20(16)27-2/h3-4,7-10,12,15,25H,5-6,11,13-14H2,1-2H3/p+1/t15-/m1/s1. The summed E-state index contributed by atoms with van der Waals surface area (Å²) in [6, 6.07) is 10.7. The number of phenolic OH excluding ortho intramolecular Hbond substituents is 1. The molecule has 0 aromatic heterocycles. The summed E-state index contributed by atoms with van der Waals surface area (Å²) >= 11 is 0. The molecule has 5 nitrogen and oxygen atoms in total. The number of fused-ring (bicyclic) bond motifs is 1. The molecule has 5 heteroatoms. The molecule has 2 heterocycles. The highest BCUT2D eigenvalue weighted by atomic mass is 16.5. The highest BCUT2D eigenvalue weighted by molar-refractivity contribution is 6.15. The number of benzene rings is 2. The van der Waals surface area contributed by atoms with Gasteiger partial charge in [0.05, 0.1) is 31.3 Å². The van der Waals surface area contributed by atoms with Crippen LogP contribution in [0.4, 0.5) is 0 Å². The van der Waals surface area contributed by atoms with E-state index in [0.29, 0.717) is 29.5 Å². The maximum Gasteiger partial charge on any atom is 0.231 e. The van der Waals surface area contributed by atoms with E-state index in [9.17, 15) is 9.90 Å². The summed E-state index contributed by atoms with van der Waals surface area (Å²) in [4.78, 5) is 14.3. The van der Waals surface area contributed by atoms with Gasteiger partial charge >= 0.3 is 0 Å². The Morgan fingerprint density at radius 3 is 2.89 bits per heavy atom. The lowest BCUT2D eigenvalue weighted by atomic mass is 9.99. The maximum absolute atomic E-state index is 12.9. The van der Waals surface area contributed by atoms with Crippen LogP contribution >= 0.6 is 0 Å². The number of quaternary nitrogens is 1. The fraction of sp³-hybridized carbons (Fsp3) is 0.348. The number of hydrogen-bond donors (Lipinski definition) is 2. The topological polar surface area (TPSA) is 60.2 Å². The zero-order valence-corrected chi connectivity index (χ0v) is 16.3. The van der Waals surface area contributed by atoms with Crippen LogP contribution in [-0.2, 0) is 6.54 Å². The molecule has 2 aromatic carbocycles. The lowest BCUT2D eigenvalue weighted by Gasteiger charge is -2.28. The van der Waals surface area contributed by atoms with Gasteiger partial charge in [-0.1, -0.05) is 25.1 Å². The monoisotopic (exact) mass is 380 g/mol. The molecule has 0 spiro atoms. The van der Waals surface area contributed by atoms with Crippen LogP contribution in [0.15, 0.2) is 42.2 Å².